The van der Waals surface area contributed by atoms with Gasteiger partial charge in [-0.05, 0) is 50.6 Å². The van der Waals surface area contributed by atoms with Gasteiger partial charge in [0.1, 0.15) is 17.7 Å². The number of benzene rings is 1. The van der Waals surface area contributed by atoms with Gasteiger partial charge in [0.25, 0.3) is 5.56 Å². The number of hydrogen-bond acceptors (Lipinski definition) is 4. The van der Waals surface area contributed by atoms with Crippen molar-refractivity contribution in [2.24, 2.45) is 0 Å². The fraction of sp³-hybridized carbons (Fsp3) is 0.150. The highest BCUT2D eigenvalue weighted by Crippen LogP contribution is 2.26. The number of fused-ring (bicyclic) bond motifs is 1. The normalized spacial score (nSPS) is 11.2. The van der Waals surface area contributed by atoms with Crippen LogP contribution in [0.15, 0.2) is 47.7 Å². The van der Waals surface area contributed by atoms with E-state index in [1.807, 2.05) is 26.0 Å². The van der Waals surface area contributed by atoms with E-state index in [0.717, 1.165) is 22.5 Å². The number of phenols is 1. The Hall–Kier alpha value is -3.41. The fourth-order valence-corrected chi connectivity index (χ4v) is 3.14. The SMILES string of the molecule is Cc1ccc(-c2cc3c(=O)n(-c4c(C)ccc(O)c4C)cnc3[nH]2)cn1. The maximum atomic E-state index is 13.0. The predicted octanol–water partition coefficient (Wildman–Crippen LogP) is 3.41. The molecule has 0 atom stereocenters. The van der Waals surface area contributed by atoms with Gasteiger partial charge in [-0.2, -0.15) is 0 Å². The molecule has 4 aromatic rings. The van der Waals surface area contributed by atoms with Gasteiger partial charge in [-0.15, -0.1) is 0 Å². The molecule has 1 aromatic carbocycles. The molecule has 6 heteroatoms. The Bertz CT molecular complexity index is 1190. The number of H-pyrrole nitrogens is 1. The van der Waals surface area contributed by atoms with Crippen molar-refractivity contribution >= 4 is 11.0 Å². The molecule has 2 N–H and O–H groups in total. The van der Waals surface area contributed by atoms with Crippen molar-refractivity contribution < 1.29 is 5.11 Å². The second-order valence-corrected chi connectivity index (χ2v) is 6.43. The number of hydrogen-bond donors (Lipinski definition) is 2. The zero-order chi connectivity index (χ0) is 18.4. The van der Waals surface area contributed by atoms with Crippen molar-refractivity contribution in [3.63, 3.8) is 0 Å². The van der Waals surface area contributed by atoms with Gasteiger partial charge in [-0.25, -0.2) is 4.98 Å². The number of nitrogens with zero attached hydrogens (tertiary/aromatic N) is 3. The Morgan fingerprint density at radius 3 is 2.62 bits per heavy atom. The third-order valence-corrected chi connectivity index (χ3v) is 4.62. The number of aromatic amines is 1. The van der Waals surface area contributed by atoms with Crippen LogP contribution in [0.5, 0.6) is 5.75 Å². The van der Waals surface area contributed by atoms with Gasteiger partial charge in [0.15, 0.2) is 0 Å². The number of aromatic nitrogens is 4. The minimum Gasteiger partial charge on any atom is -0.508 e. The number of aryl methyl sites for hydroxylation is 2. The van der Waals surface area contributed by atoms with E-state index < -0.39 is 0 Å². The maximum absolute atomic E-state index is 13.0. The second-order valence-electron chi connectivity index (χ2n) is 6.43. The third kappa shape index (κ3) is 2.47. The summed E-state index contributed by atoms with van der Waals surface area (Å²) in [5.41, 5.74) is 5.15. The Kier molecular flexibility index (Phi) is 3.61. The molecule has 0 fully saturated rings. The largest absolute Gasteiger partial charge is 0.508 e. The van der Waals surface area contributed by atoms with Crippen LogP contribution in [0.1, 0.15) is 16.8 Å². The van der Waals surface area contributed by atoms with E-state index in [4.69, 9.17) is 0 Å². The minimum atomic E-state index is -0.186. The first-order valence-electron chi connectivity index (χ1n) is 8.28. The molecule has 130 valence electrons. The first-order chi connectivity index (χ1) is 12.5. The molecule has 0 aliphatic rings. The summed E-state index contributed by atoms with van der Waals surface area (Å²) in [7, 11) is 0. The Balaban J connectivity index is 1.93. The van der Waals surface area contributed by atoms with Crippen molar-refractivity contribution in [1.29, 1.82) is 0 Å². The third-order valence-electron chi connectivity index (χ3n) is 4.62. The van der Waals surface area contributed by atoms with Gasteiger partial charge in [-0.1, -0.05) is 6.07 Å². The molecule has 0 spiro atoms. The zero-order valence-corrected chi connectivity index (χ0v) is 14.7. The number of aromatic hydroxyl groups is 1. The molecule has 0 radical (unpaired) electrons. The lowest BCUT2D eigenvalue weighted by molar-refractivity contribution is 0.470. The van der Waals surface area contributed by atoms with Gasteiger partial charge >= 0.3 is 0 Å². The molecule has 4 rings (SSSR count). The monoisotopic (exact) mass is 346 g/mol. The smallest absolute Gasteiger partial charge is 0.267 e. The van der Waals surface area contributed by atoms with Gasteiger partial charge < -0.3 is 10.1 Å². The molecular formula is C20H18N4O2. The lowest BCUT2D eigenvalue weighted by Crippen LogP contribution is -2.20. The Morgan fingerprint density at radius 2 is 1.88 bits per heavy atom. The topological polar surface area (TPSA) is 83.8 Å². The lowest BCUT2D eigenvalue weighted by Gasteiger charge is -2.13. The highest BCUT2D eigenvalue weighted by molar-refractivity contribution is 5.82. The van der Waals surface area contributed by atoms with Crippen LogP contribution in [0.2, 0.25) is 0 Å². The summed E-state index contributed by atoms with van der Waals surface area (Å²) in [6, 6.07) is 9.08. The number of rotatable bonds is 2. The fourth-order valence-electron chi connectivity index (χ4n) is 3.14. The van der Waals surface area contributed by atoms with Crippen LogP contribution in [0.3, 0.4) is 0 Å². The molecular weight excluding hydrogens is 328 g/mol. The van der Waals surface area contributed by atoms with Crippen LogP contribution < -0.4 is 5.56 Å². The number of pyridine rings is 1. The average molecular weight is 346 g/mol. The molecule has 0 saturated heterocycles. The van der Waals surface area contributed by atoms with Crippen molar-refractivity contribution in [2.75, 3.05) is 0 Å². The van der Waals surface area contributed by atoms with E-state index in [2.05, 4.69) is 15.0 Å². The van der Waals surface area contributed by atoms with Gasteiger partial charge in [0, 0.05) is 28.7 Å². The van der Waals surface area contributed by atoms with E-state index >= 15 is 0 Å². The number of nitrogens with one attached hydrogen (secondary N) is 1. The van der Waals surface area contributed by atoms with Crippen LogP contribution in [0.4, 0.5) is 0 Å². The van der Waals surface area contributed by atoms with Gasteiger partial charge in [0.05, 0.1) is 11.1 Å². The highest BCUT2D eigenvalue weighted by atomic mass is 16.3. The Labute approximate surface area is 149 Å². The summed E-state index contributed by atoms with van der Waals surface area (Å²) >= 11 is 0. The van der Waals surface area contributed by atoms with Crippen LogP contribution in [0, 0.1) is 20.8 Å². The van der Waals surface area contributed by atoms with Crippen LogP contribution >= 0.6 is 0 Å². The van der Waals surface area contributed by atoms with E-state index in [0.29, 0.717) is 22.3 Å². The molecule has 0 saturated carbocycles. The zero-order valence-electron chi connectivity index (χ0n) is 14.7. The minimum absolute atomic E-state index is 0.151. The summed E-state index contributed by atoms with van der Waals surface area (Å²) in [4.78, 5) is 24.9. The lowest BCUT2D eigenvalue weighted by atomic mass is 10.1. The first-order valence-corrected chi connectivity index (χ1v) is 8.28. The van der Waals surface area contributed by atoms with Crippen LogP contribution in [0.25, 0.3) is 28.0 Å². The first kappa shape index (κ1) is 16.1. The summed E-state index contributed by atoms with van der Waals surface area (Å²) in [6.45, 7) is 5.61. The maximum Gasteiger partial charge on any atom is 0.267 e. The quantitative estimate of drug-likeness (QED) is 0.583. The van der Waals surface area contributed by atoms with Gasteiger partial charge in [-0.3, -0.25) is 14.3 Å². The Morgan fingerprint density at radius 1 is 1.08 bits per heavy atom. The van der Waals surface area contributed by atoms with E-state index in [1.54, 1.807) is 31.3 Å². The average Bonchev–Trinajstić information content (AvgIpc) is 3.06. The van der Waals surface area contributed by atoms with Crippen molar-refractivity contribution in [3.8, 4) is 22.7 Å². The molecule has 3 heterocycles. The summed E-state index contributed by atoms with van der Waals surface area (Å²) in [5, 5.41) is 10.5. The summed E-state index contributed by atoms with van der Waals surface area (Å²) in [5.74, 6) is 0.151. The molecule has 26 heavy (non-hydrogen) atoms. The van der Waals surface area contributed by atoms with E-state index in [1.165, 1.54) is 10.9 Å². The molecule has 0 bridgehead atoms. The van der Waals surface area contributed by atoms with Crippen molar-refractivity contribution in [1.82, 2.24) is 19.5 Å². The molecule has 0 amide bonds. The second kappa shape index (κ2) is 5.84. The molecule has 3 aromatic heterocycles. The van der Waals surface area contributed by atoms with Crippen molar-refractivity contribution in [2.45, 2.75) is 20.8 Å². The van der Waals surface area contributed by atoms with Crippen molar-refractivity contribution in [3.05, 3.63) is 70.0 Å². The molecule has 0 aliphatic carbocycles. The summed E-state index contributed by atoms with van der Waals surface area (Å²) < 4.78 is 1.48. The van der Waals surface area contributed by atoms with E-state index in [-0.39, 0.29) is 11.3 Å². The molecule has 0 aliphatic heterocycles. The number of phenolic OH excluding ortho intramolecular Hbond substituents is 1. The van der Waals surface area contributed by atoms with Crippen LogP contribution in [-0.2, 0) is 0 Å². The molecule has 6 nitrogen and oxygen atoms in total. The van der Waals surface area contributed by atoms with Gasteiger partial charge in [0.2, 0.25) is 0 Å². The predicted molar refractivity (Wildman–Crippen MR) is 101 cm³/mol. The highest BCUT2D eigenvalue weighted by Gasteiger charge is 2.15. The standard InChI is InChI=1S/C20H18N4O2/c1-11-4-7-17(25)13(3)18(11)24-10-22-19-15(20(24)26)8-16(23-19)14-6-5-12(2)21-9-14/h4-10,23,25H,1-3H3. The summed E-state index contributed by atoms with van der Waals surface area (Å²) in [6.07, 6.45) is 3.26. The van der Waals surface area contributed by atoms with Crippen LogP contribution in [-0.4, -0.2) is 24.6 Å². The molecule has 0 unspecified atom stereocenters. The van der Waals surface area contributed by atoms with E-state index in [9.17, 15) is 9.90 Å².